The van der Waals surface area contributed by atoms with Crippen molar-refractivity contribution in [1.82, 2.24) is 5.32 Å². The van der Waals surface area contributed by atoms with E-state index in [4.69, 9.17) is 12.2 Å². The molecular formula is C17H17IN2OS. The maximum absolute atomic E-state index is 12.2. The number of carbonyl (C=O) groups is 1. The van der Waals surface area contributed by atoms with Crippen molar-refractivity contribution < 1.29 is 4.79 Å². The summed E-state index contributed by atoms with van der Waals surface area (Å²) in [5, 5.41) is 6.18. The highest BCUT2D eigenvalue weighted by Crippen LogP contribution is 2.20. The minimum atomic E-state index is -0.206. The molecule has 0 aliphatic rings. The van der Waals surface area contributed by atoms with Crippen molar-refractivity contribution in [2.75, 3.05) is 5.32 Å². The van der Waals surface area contributed by atoms with Crippen LogP contribution in [0.4, 0.5) is 5.69 Å². The molecule has 0 aliphatic heterocycles. The molecule has 0 aliphatic carbocycles. The molecule has 0 heterocycles. The number of halogens is 1. The standard InChI is InChI=1S/C17H17IN2OS/c1-3-12-7-4-6-11(2)15(12)19-17(22)20-16(21)13-8-5-9-14(18)10-13/h4-10H,3H2,1-2H3,(H2,19,20,21,22). The number of hydrogen-bond acceptors (Lipinski definition) is 2. The van der Waals surface area contributed by atoms with E-state index in [1.807, 2.05) is 37.3 Å². The van der Waals surface area contributed by atoms with Gasteiger partial charge in [-0.05, 0) is 77.5 Å². The van der Waals surface area contributed by atoms with Crippen LogP contribution < -0.4 is 10.6 Å². The summed E-state index contributed by atoms with van der Waals surface area (Å²) in [7, 11) is 0. The molecule has 0 unspecified atom stereocenters. The van der Waals surface area contributed by atoms with E-state index < -0.39 is 0 Å². The van der Waals surface area contributed by atoms with Crippen LogP contribution in [-0.4, -0.2) is 11.0 Å². The average molecular weight is 424 g/mol. The normalized spacial score (nSPS) is 10.1. The fourth-order valence-corrected chi connectivity index (χ4v) is 2.89. The van der Waals surface area contributed by atoms with Gasteiger partial charge in [-0.15, -0.1) is 0 Å². The Morgan fingerprint density at radius 3 is 2.64 bits per heavy atom. The lowest BCUT2D eigenvalue weighted by molar-refractivity contribution is 0.0977. The SMILES string of the molecule is CCc1cccc(C)c1NC(=S)NC(=O)c1cccc(I)c1. The third-order valence-corrected chi connectivity index (χ3v) is 4.17. The van der Waals surface area contributed by atoms with Crippen LogP contribution in [0.1, 0.15) is 28.4 Å². The van der Waals surface area contributed by atoms with Crippen LogP contribution >= 0.6 is 34.8 Å². The highest BCUT2D eigenvalue weighted by atomic mass is 127. The van der Waals surface area contributed by atoms with E-state index in [-0.39, 0.29) is 5.91 Å². The Morgan fingerprint density at radius 2 is 1.95 bits per heavy atom. The third kappa shape index (κ3) is 4.27. The van der Waals surface area contributed by atoms with Gasteiger partial charge in [-0.25, -0.2) is 0 Å². The molecule has 2 rings (SSSR count). The second-order valence-corrected chi connectivity index (χ2v) is 6.54. The molecule has 0 radical (unpaired) electrons. The summed E-state index contributed by atoms with van der Waals surface area (Å²) in [5.41, 5.74) is 3.84. The summed E-state index contributed by atoms with van der Waals surface area (Å²) >= 11 is 7.44. The number of benzene rings is 2. The first kappa shape index (κ1) is 16.9. The molecule has 114 valence electrons. The smallest absolute Gasteiger partial charge is 0.257 e. The first-order valence-electron chi connectivity index (χ1n) is 6.97. The largest absolute Gasteiger partial charge is 0.332 e. The Balaban J connectivity index is 2.09. The first-order chi connectivity index (χ1) is 10.5. The number of nitrogens with one attached hydrogen (secondary N) is 2. The summed E-state index contributed by atoms with van der Waals surface area (Å²) in [5.74, 6) is -0.206. The molecule has 0 aromatic heterocycles. The van der Waals surface area contributed by atoms with E-state index in [2.05, 4.69) is 46.2 Å². The lowest BCUT2D eigenvalue weighted by Gasteiger charge is -2.15. The van der Waals surface area contributed by atoms with Gasteiger partial charge in [0.25, 0.3) is 5.91 Å². The Kier molecular flexibility index (Phi) is 5.90. The number of thiocarbonyl (C=S) groups is 1. The van der Waals surface area contributed by atoms with Crippen LogP contribution in [0.5, 0.6) is 0 Å². The van der Waals surface area contributed by atoms with E-state index in [0.29, 0.717) is 10.7 Å². The topological polar surface area (TPSA) is 41.1 Å². The monoisotopic (exact) mass is 424 g/mol. The van der Waals surface area contributed by atoms with E-state index in [9.17, 15) is 4.79 Å². The van der Waals surface area contributed by atoms with Crippen LogP contribution in [0.15, 0.2) is 42.5 Å². The van der Waals surface area contributed by atoms with E-state index in [1.54, 1.807) is 6.07 Å². The molecule has 3 nitrogen and oxygen atoms in total. The Morgan fingerprint density at radius 1 is 1.23 bits per heavy atom. The maximum atomic E-state index is 12.2. The second-order valence-electron chi connectivity index (χ2n) is 4.88. The van der Waals surface area contributed by atoms with Gasteiger partial charge in [0.05, 0.1) is 0 Å². The van der Waals surface area contributed by atoms with Gasteiger partial charge in [0, 0.05) is 14.8 Å². The van der Waals surface area contributed by atoms with E-state index >= 15 is 0 Å². The van der Waals surface area contributed by atoms with Crippen LogP contribution in [-0.2, 0) is 6.42 Å². The summed E-state index contributed by atoms with van der Waals surface area (Å²) in [6.45, 7) is 4.11. The van der Waals surface area contributed by atoms with Gasteiger partial charge in [-0.1, -0.05) is 31.2 Å². The number of amides is 1. The fourth-order valence-electron chi connectivity index (χ4n) is 2.15. The van der Waals surface area contributed by atoms with Gasteiger partial charge in [0.15, 0.2) is 5.11 Å². The highest BCUT2D eigenvalue weighted by molar-refractivity contribution is 14.1. The zero-order valence-electron chi connectivity index (χ0n) is 12.4. The zero-order valence-corrected chi connectivity index (χ0v) is 15.4. The van der Waals surface area contributed by atoms with E-state index in [0.717, 1.165) is 21.2 Å². The summed E-state index contributed by atoms with van der Waals surface area (Å²) in [6.07, 6.45) is 0.900. The minimum Gasteiger partial charge on any atom is -0.332 e. The minimum absolute atomic E-state index is 0.206. The van der Waals surface area contributed by atoms with Gasteiger partial charge in [0.2, 0.25) is 0 Å². The van der Waals surface area contributed by atoms with Crippen LogP contribution in [0.25, 0.3) is 0 Å². The Labute approximate surface area is 149 Å². The molecule has 2 N–H and O–H groups in total. The van der Waals surface area contributed by atoms with Crippen molar-refractivity contribution in [3.05, 3.63) is 62.7 Å². The van der Waals surface area contributed by atoms with Crippen molar-refractivity contribution in [2.45, 2.75) is 20.3 Å². The third-order valence-electron chi connectivity index (χ3n) is 3.29. The number of para-hydroxylation sites is 1. The number of hydrogen-bond donors (Lipinski definition) is 2. The second kappa shape index (κ2) is 7.69. The molecular weight excluding hydrogens is 407 g/mol. The molecule has 2 aromatic rings. The van der Waals surface area contributed by atoms with Gasteiger partial charge in [-0.2, -0.15) is 0 Å². The zero-order chi connectivity index (χ0) is 16.1. The van der Waals surface area contributed by atoms with Crippen molar-refractivity contribution >= 4 is 51.5 Å². The van der Waals surface area contributed by atoms with Crippen LogP contribution in [0.3, 0.4) is 0 Å². The Bertz CT molecular complexity index is 716. The quantitative estimate of drug-likeness (QED) is 0.571. The van der Waals surface area contributed by atoms with Crippen LogP contribution in [0.2, 0.25) is 0 Å². The first-order valence-corrected chi connectivity index (χ1v) is 8.46. The molecule has 0 atom stereocenters. The molecule has 2 aromatic carbocycles. The van der Waals surface area contributed by atoms with Crippen molar-refractivity contribution in [3.8, 4) is 0 Å². The molecule has 5 heteroatoms. The van der Waals surface area contributed by atoms with Crippen molar-refractivity contribution in [3.63, 3.8) is 0 Å². The molecule has 0 bridgehead atoms. The van der Waals surface area contributed by atoms with Gasteiger partial charge in [0.1, 0.15) is 0 Å². The molecule has 0 spiro atoms. The molecule has 22 heavy (non-hydrogen) atoms. The van der Waals surface area contributed by atoms with Crippen molar-refractivity contribution in [1.29, 1.82) is 0 Å². The number of rotatable bonds is 3. The van der Waals surface area contributed by atoms with Crippen LogP contribution in [0, 0.1) is 10.5 Å². The van der Waals surface area contributed by atoms with Crippen molar-refractivity contribution in [2.24, 2.45) is 0 Å². The molecule has 0 saturated carbocycles. The highest BCUT2D eigenvalue weighted by Gasteiger charge is 2.10. The number of carbonyl (C=O) groups excluding carboxylic acids is 1. The fraction of sp³-hybridized carbons (Fsp3) is 0.176. The predicted octanol–water partition coefficient (Wildman–Crippen LogP) is 4.29. The molecule has 1 amide bonds. The lowest BCUT2D eigenvalue weighted by atomic mass is 10.1. The molecule has 0 saturated heterocycles. The Hall–Kier alpha value is -1.47. The summed E-state index contributed by atoms with van der Waals surface area (Å²) in [6, 6.07) is 13.5. The number of aryl methyl sites for hydroxylation is 2. The van der Waals surface area contributed by atoms with E-state index in [1.165, 1.54) is 5.56 Å². The maximum Gasteiger partial charge on any atom is 0.257 e. The summed E-state index contributed by atoms with van der Waals surface area (Å²) in [4.78, 5) is 12.2. The number of anilines is 1. The molecule has 0 fully saturated rings. The predicted molar refractivity (Wildman–Crippen MR) is 103 cm³/mol. The van der Waals surface area contributed by atoms with Gasteiger partial charge >= 0.3 is 0 Å². The van der Waals surface area contributed by atoms with Gasteiger partial charge < -0.3 is 5.32 Å². The lowest BCUT2D eigenvalue weighted by Crippen LogP contribution is -2.34. The summed E-state index contributed by atoms with van der Waals surface area (Å²) < 4.78 is 1.01. The van der Waals surface area contributed by atoms with Gasteiger partial charge in [-0.3, -0.25) is 10.1 Å². The average Bonchev–Trinajstić information content (AvgIpc) is 2.49.